The van der Waals surface area contributed by atoms with Crippen molar-refractivity contribution in [1.82, 2.24) is 15.2 Å². The quantitative estimate of drug-likeness (QED) is 0.169. The first kappa shape index (κ1) is 34.5. The van der Waals surface area contributed by atoms with Gasteiger partial charge in [-0.25, -0.2) is 0 Å². The number of nitrogens with one attached hydrogen (secondary N) is 2. The number of benzene rings is 3. The molecule has 50 heavy (non-hydrogen) atoms. The molecule has 0 spiro atoms. The standard InChI is InChI=1S/C40H45BrN4O5/c1-40(2)22-33(31-21-28(41)16-17-36(31)50-40)42-23-35(46)32(19-26-11-7-10-25-9-3-6-14-30(25)26)43-38(48)27-20-34(44-18-8-15-37(44)47)39(49)45(24-27)29-12-4-5-13-29/h3,6-7,9-11,14,16-17,20-21,24,29,32-33,35,42,46H,4-5,8,12-13,15,18-19,22-23H2,1-2H3,(H,43,48)/t32-,33-,35?/m0/s1. The molecule has 2 amide bonds. The van der Waals surface area contributed by atoms with E-state index in [4.69, 9.17) is 4.74 Å². The fourth-order valence-corrected chi connectivity index (χ4v) is 8.30. The topological polar surface area (TPSA) is 113 Å². The van der Waals surface area contributed by atoms with Crippen LogP contribution in [0.3, 0.4) is 0 Å². The van der Waals surface area contributed by atoms with Crippen LogP contribution < -0.4 is 25.8 Å². The zero-order valence-electron chi connectivity index (χ0n) is 28.7. The van der Waals surface area contributed by atoms with E-state index in [0.717, 1.165) is 57.8 Å². The highest BCUT2D eigenvalue weighted by Gasteiger charge is 2.35. The maximum Gasteiger partial charge on any atom is 0.274 e. The highest BCUT2D eigenvalue weighted by atomic mass is 79.9. The maximum absolute atomic E-state index is 14.2. The lowest BCUT2D eigenvalue weighted by Gasteiger charge is -2.38. The Morgan fingerprint density at radius 1 is 1.04 bits per heavy atom. The van der Waals surface area contributed by atoms with E-state index in [1.807, 2.05) is 42.5 Å². The number of aliphatic hydroxyl groups excluding tert-OH is 1. The lowest BCUT2D eigenvalue weighted by atomic mass is 9.89. The number of ether oxygens (including phenoxy) is 1. The molecular formula is C40H45BrN4O5. The summed E-state index contributed by atoms with van der Waals surface area (Å²) in [7, 11) is 0. The molecule has 3 heterocycles. The van der Waals surface area contributed by atoms with Crippen LogP contribution in [0.15, 0.2) is 82.2 Å². The molecule has 1 aromatic heterocycles. The number of pyridine rings is 1. The lowest BCUT2D eigenvalue weighted by molar-refractivity contribution is -0.117. The normalized spacial score (nSPS) is 20.0. The van der Waals surface area contributed by atoms with Gasteiger partial charge in [0.1, 0.15) is 17.0 Å². The minimum absolute atomic E-state index is 0.0142. The van der Waals surface area contributed by atoms with Gasteiger partial charge in [0.2, 0.25) is 5.91 Å². The van der Waals surface area contributed by atoms with Crippen molar-refractivity contribution in [2.24, 2.45) is 0 Å². The molecule has 0 bridgehead atoms. The molecule has 3 aromatic carbocycles. The van der Waals surface area contributed by atoms with Crippen molar-refractivity contribution in [2.75, 3.05) is 18.0 Å². The summed E-state index contributed by atoms with van der Waals surface area (Å²) in [4.78, 5) is 42.3. The molecular weight excluding hydrogens is 696 g/mol. The molecule has 2 aliphatic heterocycles. The van der Waals surface area contributed by atoms with Crippen molar-refractivity contribution in [3.63, 3.8) is 0 Å². The van der Waals surface area contributed by atoms with Crippen LogP contribution in [-0.2, 0) is 11.2 Å². The number of halogens is 1. The van der Waals surface area contributed by atoms with Crippen LogP contribution in [0.2, 0.25) is 0 Å². The lowest BCUT2D eigenvalue weighted by Crippen LogP contribution is -2.50. The average Bonchev–Trinajstić information content (AvgIpc) is 3.79. The van der Waals surface area contributed by atoms with Crippen LogP contribution in [0, 0.1) is 0 Å². The molecule has 3 N–H and O–H groups in total. The average molecular weight is 742 g/mol. The second kappa shape index (κ2) is 14.3. The van der Waals surface area contributed by atoms with E-state index >= 15 is 0 Å². The summed E-state index contributed by atoms with van der Waals surface area (Å²) in [6.07, 6.45) is 6.59. The number of anilines is 1. The van der Waals surface area contributed by atoms with Crippen LogP contribution in [0.1, 0.15) is 92.4 Å². The first-order valence-corrected chi connectivity index (χ1v) is 18.6. The van der Waals surface area contributed by atoms with Crippen molar-refractivity contribution in [3.8, 4) is 5.75 Å². The second-order valence-electron chi connectivity index (χ2n) is 14.6. The fourth-order valence-electron chi connectivity index (χ4n) is 7.92. The summed E-state index contributed by atoms with van der Waals surface area (Å²) >= 11 is 3.59. The molecule has 3 aliphatic rings. The summed E-state index contributed by atoms with van der Waals surface area (Å²) < 4.78 is 8.88. The summed E-state index contributed by atoms with van der Waals surface area (Å²) in [6.45, 7) is 4.79. The zero-order chi connectivity index (χ0) is 35.0. The van der Waals surface area contributed by atoms with Gasteiger partial charge in [-0.05, 0) is 80.1 Å². The third-order valence-electron chi connectivity index (χ3n) is 10.5. The number of aliphatic hydroxyl groups is 1. The van der Waals surface area contributed by atoms with Crippen LogP contribution in [-0.4, -0.2) is 52.3 Å². The van der Waals surface area contributed by atoms with Crippen molar-refractivity contribution in [2.45, 2.75) is 95.0 Å². The minimum atomic E-state index is -0.958. The van der Waals surface area contributed by atoms with Gasteiger partial charge in [-0.3, -0.25) is 14.4 Å². The molecule has 10 heteroatoms. The number of rotatable bonds is 10. The first-order chi connectivity index (χ1) is 24.1. The van der Waals surface area contributed by atoms with Crippen molar-refractivity contribution in [3.05, 3.63) is 104 Å². The van der Waals surface area contributed by atoms with Gasteiger partial charge in [0.15, 0.2) is 0 Å². The van der Waals surface area contributed by atoms with Gasteiger partial charge in [0.25, 0.3) is 11.5 Å². The molecule has 4 aromatic rings. The van der Waals surface area contributed by atoms with Crippen LogP contribution in [0.25, 0.3) is 10.8 Å². The van der Waals surface area contributed by atoms with E-state index in [2.05, 4.69) is 58.6 Å². The third kappa shape index (κ3) is 7.24. The van der Waals surface area contributed by atoms with E-state index in [-0.39, 0.29) is 35.8 Å². The highest BCUT2D eigenvalue weighted by molar-refractivity contribution is 9.10. The summed E-state index contributed by atoms with van der Waals surface area (Å²) in [5.74, 6) is 0.315. The van der Waals surface area contributed by atoms with E-state index in [1.54, 1.807) is 16.8 Å². The number of hydrogen-bond acceptors (Lipinski definition) is 6. The van der Waals surface area contributed by atoms with Gasteiger partial charge in [0.05, 0.1) is 17.7 Å². The van der Waals surface area contributed by atoms with Gasteiger partial charge >= 0.3 is 0 Å². The number of nitrogens with zero attached hydrogens (tertiary/aromatic N) is 2. The highest BCUT2D eigenvalue weighted by Crippen LogP contribution is 2.40. The number of carbonyl (C=O) groups excluding carboxylic acids is 2. The maximum atomic E-state index is 14.2. The summed E-state index contributed by atoms with van der Waals surface area (Å²) in [5.41, 5.74) is 1.95. The molecule has 1 saturated carbocycles. The Morgan fingerprint density at radius 2 is 1.82 bits per heavy atom. The van der Waals surface area contributed by atoms with Crippen LogP contribution in [0.4, 0.5) is 5.69 Å². The van der Waals surface area contributed by atoms with Gasteiger partial charge in [-0.2, -0.15) is 0 Å². The number of amides is 2. The molecule has 2 fully saturated rings. The monoisotopic (exact) mass is 740 g/mol. The largest absolute Gasteiger partial charge is 0.487 e. The van der Waals surface area contributed by atoms with Gasteiger partial charge in [-0.15, -0.1) is 0 Å². The molecule has 9 nitrogen and oxygen atoms in total. The number of fused-ring (bicyclic) bond motifs is 2. The second-order valence-corrected chi connectivity index (χ2v) is 15.5. The molecule has 1 unspecified atom stereocenters. The predicted octanol–water partition coefficient (Wildman–Crippen LogP) is 6.60. The van der Waals surface area contributed by atoms with Crippen LogP contribution >= 0.6 is 15.9 Å². The van der Waals surface area contributed by atoms with Gasteiger partial charge in [0, 0.05) is 54.2 Å². The van der Waals surface area contributed by atoms with Crippen molar-refractivity contribution < 1.29 is 19.4 Å². The summed E-state index contributed by atoms with van der Waals surface area (Å²) in [5, 5.41) is 20.8. The smallest absolute Gasteiger partial charge is 0.274 e. The number of aromatic nitrogens is 1. The number of hydrogen-bond donors (Lipinski definition) is 3. The Balaban J connectivity index is 1.20. The SMILES string of the molecule is CC1(C)C[C@H](NCC(O)[C@H](Cc2cccc3ccccc23)NC(=O)c2cc(N3CCCC3=O)c(=O)n(C3CCCC3)c2)c2cc(Br)ccc2O1. The Hall–Kier alpha value is -3.99. The van der Waals surface area contributed by atoms with Gasteiger partial charge in [-0.1, -0.05) is 71.2 Å². The molecule has 0 radical (unpaired) electrons. The predicted molar refractivity (Wildman–Crippen MR) is 199 cm³/mol. The van der Waals surface area contributed by atoms with E-state index < -0.39 is 23.7 Å². The molecule has 1 aliphatic carbocycles. The van der Waals surface area contributed by atoms with Gasteiger partial charge < -0.3 is 29.9 Å². The minimum Gasteiger partial charge on any atom is -0.487 e. The third-order valence-corrected chi connectivity index (χ3v) is 11.0. The van der Waals surface area contributed by atoms with Crippen LogP contribution in [0.5, 0.6) is 5.75 Å². The molecule has 262 valence electrons. The summed E-state index contributed by atoms with van der Waals surface area (Å²) in [6, 6.07) is 21.0. The van der Waals surface area contributed by atoms with E-state index in [1.165, 1.54) is 4.90 Å². The molecule has 1 saturated heterocycles. The molecule has 3 atom stereocenters. The Morgan fingerprint density at radius 3 is 2.60 bits per heavy atom. The van der Waals surface area contributed by atoms with E-state index in [0.29, 0.717) is 37.8 Å². The van der Waals surface area contributed by atoms with E-state index in [9.17, 15) is 19.5 Å². The first-order valence-electron chi connectivity index (χ1n) is 17.8. The Kier molecular flexibility index (Phi) is 9.87. The van der Waals surface area contributed by atoms with Crippen molar-refractivity contribution in [1.29, 1.82) is 0 Å². The number of carbonyl (C=O) groups is 2. The van der Waals surface area contributed by atoms with Crippen molar-refractivity contribution >= 4 is 44.2 Å². The molecule has 7 rings (SSSR count). The zero-order valence-corrected chi connectivity index (χ0v) is 30.2. The fraction of sp³-hybridized carbons (Fsp3) is 0.425. The Bertz CT molecular complexity index is 1960. The Labute approximate surface area is 301 Å².